The number of Topliss-reactive ketones (excluding diaryl/α,β-unsaturated/α-hetero) is 1. The average molecular weight is 225 g/mol. The van der Waals surface area contributed by atoms with Crippen LogP contribution >= 0.6 is 11.6 Å². The number of benzene rings is 1. The maximum absolute atomic E-state index is 11.5. The predicted octanol–water partition coefficient (Wildman–Crippen LogP) is 1.23. The lowest BCUT2D eigenvalue weighted by molar-refractivity contribution is -0.121. The molecule has 15 heavy (non-hydrogen) atoms. The van der Waals surface area contributed by atoms with Crippen molar-refractivity contribution in [3.05, 3.63) is 23.2 Å². The number of carbonyl (C=O) groups is 2. The number of nitrogen functional groups attached to an aromatic ring is 1. The van der Waals surface area contributed by atoms with Crippen LogP contribution in [0.5, 0.6) is 0 Å². The molecule has 1 amide bonds. The molecule has 1 fully saturated rings. The molecule has 0 aliphatic carbocycles. The molecule has 1 aromatic carbocycles. The van der Waals surface area contributed by atoms with Crippen LogP contribution in [0.4, 0.5) is 11.4 Å². The highest BCUT2D eigenvalue weighted by Crippen LogP contribution is 2.29. The van der Waals surface area contributed by atoms with Crippen LogP contribution in [0.2, 0.25) is 5.02 Å². The minimum absolute atomic E-state index is 0.0496. The van der Waals surface area contributed by atoms with E-state index in [-0.39, 0.29) is 24.7 Å². The van der Waals surface area contributed by atoms with E-state index >= 15 is 0 Å². The van der Waals surface area contributed by atoms with Crippen molar-refractivity contribution in [2.24, 2.45) is 0 Å². The van der Waals surface area contributed by atoms with Crippen molar-refractivity contribution in [1.82, 2.24) is 0 Å². The van der Waals surface area contributed by atoms with E-state index in [4.69, 9.17) is 17.3 Å². The number of amides is 1. The zero-order valence-electron chi connectivity index (χ0n) is 7.87. The van der Waals surface area contributed by atoms with Gasteiger partial charge in [0.25, 0.3) is 0 Å². The van der Waals surface area contributed by atoms with Crippen molar-refractivity contribution in [2.75, 3.05) is 17.2 Å². The van der Waals surface area contributed by atoms with Crippen molar-refractivity contribution in [3.63, 3.8) is 0 Å². The summed E-state index contributed by atoms with van der Waals surface area (Å²) in [5.41, 5.74) is 6.67. The van der Waals surface area contributed by atoms with Crippen LogP contribution in [0.1, 0.15) is 6.42 Å². The van der Waals surface area contributed by atoms with Crippen molar-refractivity contribution in [2.45, 2.75) is 6.42 Å². The first-order valence-corrected chi connectivity index (χ1v) is 4.83. The summed E-state index contributed by atoms with van der Waals surface area (Å²) in [6.45, 7) is 0.0867. The smallest absolute Gasteiger partial charge is 0.234 e. The van der Waals surface area contributed by atoms with Crippen molar-refractivity contribution >= 4 is 34.7 Å². The molecule has 2 N–H and O–H groups in total. The third-order valence-corrected chi connectivity index (χ3v) is 2.50. The highest BCUT2D eigenvalue weighted by atomic mass is 35.5. The molecule has 1 saturated heterocycles. The maximum Gasteiger partial charge on any atom is 0.234 e. The zero-order chi connectivity index (χ0) is 11.0. The lowest BCUT2D eigenvalue weighted by atomic mass is 10.2. The molecule has 4 nitrogen and oxygen atoms in total. The molecule has 2 rings (SSSR count). The first-order chi connectivity index (χ1) is 7.08. The minimum Gasteiger partial charge on any atom is -0.397 e. The third kappa shape index (κ3) is 1.80. The van der Waals surface area contributed by atoms with E-state index in [0.29, 0.717) is 16.4 Å². The Morgan fingerprint density at radius 3 is 2.67 bits per heavy atom. The summed E-state index contributed by atoms with van der Waals surface area (Å²) in [5, 5.41) is 0.492. The quantitative estimate of drug-likeness (QED) is 0.577. The van der Waals surface area contributed by atoms with Gasteiger partial charge in [0.05, 0.1) is 24.3 Å². The van der Waals surface area contributed by atoms with E-state index in [0.717, 1.165) is 0 Å². The predicted molar refractivity (Wildman–Crippen MR) is 57.8 cm³/mol. The second-order valence-corrected chi connectivity index (χ2v) is 3.83. The average Bonchev–Trinajstić information content (AvgIpc) is 2.50. The lowest BCUT2D eigenvalue weighted by Gasteiger charge is -2.17. The van der Waals surface area contributed by atoms with Crippen LogP contribution < -0.4 is 10.6 Å². The summed E-state index contributed by atoms with van der Waals surface area (Å²) in [6.07, 6.45) is -0.0496. The van der Waals surface area contributed by atoms with Crippen molar-refractivity contribution in [3.8, 4) is 0 Å². The van der Waals surface area contributed by atoms with Crippen molar-refractivity contribution in [1.29, 1.82) is 0 Å². The van der Waals surface area contributed by atoms with E-state index in [1.807, 2.05) is 0 Å². The topological polar surface area (TPSA) is 63.4 Å². The van der Waals surface area contributed by atoms with Gasteiger partial charge in [0, 0.05) is 5.02 Å². The second-order valence-electron chi connectivity index (χ2n) is 3.40. The van der Waals surface area contributed by atoms with Crippen LogP contribution in [0.3, 0.4) is 0 Å². The molecule has 78 valence electrons. The Balaban J connectivity index is 2.41. The largest absolute Gasteiger partial charge is 0.397 e. The Kier molecular flexibility index (Phi) is 2.36. The highest BCUT2D eigenvalue weighted by molar-refractivity contribution is 6.31. The van der Waals surface area contributed by atoms with Gasteiger partial charge in [-0.1, -0.05) is 11.6 Å². The summed E-state index contributed by atoms with van der Waals surface area (Å²) in [5.74, 6) is -0.326. The van der Waals surface area contributed by atoms with E-state index in [2.05, 4.69) is 0 Å². The van der Waals surface area contributed by atoms with Crippen LogP contribution in [0.25, 0.3) is 0 Å². The monoisotopic (exact) mass is 224 g/mol. The maximum atomic E-state index is 11.5. The number of anilines is 2. The Bertz CT molecular complexity index is 445. The molecule has 0 radical (unpaired) electrons. The van der Waals surface area contributed by atoms with Gasteiger partial charge >= 0.3 is 0 Å². The first kappa shape index (κ1) is 9.98. The normalized spacial score (nSPS) is 16.2. The summed E-state index contributed by atoms with van der Waals surface area (Å²) >= 11 is 5.80. The van der Waals surface area contributed by atoms with Crippen LogP contribution in [-0.4, -0.2) is 18.2 Å². The number of ketones is 1. The Hall–Kier alpha value is -1.55. The molecule has 0 saturated carbocycles. The zero-order valence-corrected chi connectivity index (χ0v) is 8.62. The molecule has 5 heteroatoms. The van der Waals surface area contributed by atoms with E-state index in [1.165, 1.54) is 4.90 Å². The summed E-state index contributed by atoms with van der Waals surface area (Å²) < 4.78 is 0. The number of rotatable bonds is 1. The van der Waals surface area contributed by atoms with E-state index in [9.17, 15) is 9.59 Å². The van der Waals surface area contributed by atoms with Gasteiger partial charge in [-0.15, -0.1) is 0 Å². The molecule has 0 aromatic heterocycles. The fraction of sp³-hybridized carbons (Fsp3) is 0.200. The van der Waals surface area contributed by atoms with Gasteiger partial charge in [-0.3, -0.25) is 9.59 Å². The van der Waals surface area contributed by atoms with Crippen LogP contribution in [0, 0.1) is 0 Å². The number of hydrogen-bond acceptors (Lipinski definition) is 3. The van der Waals surface area contributed by atoms with Gasteiger partial charge in [-0.05, 0) is 18.2 Å². The van der Waals surface area contributed by atoms with Gasteiger partial charge in [-0.2, -0.15) is 0 Å². The summed E-state index contributed by atoms with van der Waals surface area (Å²) in [7, 11) is 0. The number of hydrogen-bond donors (Lipinski definition) is 1. The number of nitrogens with two attached hydrogens (primary N) is 1. The molecule has 1 aliphatic heterocycles. The summed E-state index contributed by atoms with van der Waals surface area (Å²) in [4.78, 5) is 23.9. The SMILES string of the molecule is Nc1ccc(Cl)cc1N1CC(=O)CC1=O. The Morgan fingerprint density at radius 2 is 2.07 bits per heavy atom. The molecule has 1 aromatic rings. The highest BCUT2D eigenvalue weighted by Gasteiger charge is 2.29. The number of halogens is 1. The van der Waals surface area contributed by atoms with Gasteiger partial charge in [0.2, 0.25) is 5.91 Å². The Morgan fingerprint density at radius 1 is 1.33 bits per heavy atom. The fourth-order valence-corrected chi connectivity index (χ4v) is 1.72. The Labute approximate surface area is 91.6 Å². The second kappa shape index (κ2) is 3.55. The third-order valence-electron chi connectivity index (χ3n) is 2.27. The first-order valence-electron chi connectivity index (χ1n) is 4.45. The van der Waals surface area contributed by atoms with Gasteiger partial charge in [0.1, 0.15) is 0 Å². The summed E-state index contributed by atoms with van der Waals surface area (Å²) in [6, 6.07) is 4.85. The number of carbonyl (C=O) groups excluding carboxylic acids is 2. The molecule has 0 atom stereocenters. The molecule has 0 unspecified atom stereocenters. The molecular formula is C10H9ClN2O2. The van der Waals surface area contributed by atoms with E-state index < -0.39 is 0 Å². The molecular weight excluding hydrogens is 216 g/mol. The molecule has 1 heterocycles. The van der Waals surface area contributed by atoms with Crippen LogP contribution in [0.15, 0.2) is 18.2 Å². The number of nitrogens with zero attached hydrogens (tertiary/aromatic N) is 1. The van der Waals surface area contributed by atoms with Crippen LogP contribution in [-0.2, 0) is 9.59 Å². The molecule has 1 aliphatic rings. The molecule has 0 spiro atoms. The van der Waals surface area contributed by atoms with Crippen molar-refractivity contribution < 1.29 is 9.59 Å². The lowest BCUT2D eigenvalue weighted by Crippen LogP contribution is -2.25. The van der Waals surface area contributed by atoms with E-state index in [1.54, 1.807) is 18.2 Å². The standard InChI is InChI=1S/C10H9ClN2O2/c11-6-1-2-8(12)9(3-6)13-5-7(14)4-10(13)15/h1-3H,4-5,12H2. The molecule has 0 bridgehead atoms. The minimum atomic E-state index is -0.228. The van der Waals surface area contributed by atoms with Gasteiger partial charge in [0.15, 0.2) is 5.78 Å². The van der Waals surface area contributed by atoms with Gasteiger partial charge < -0.3 is 10.6 Å². The van der Waals surface area contributed by atoms with Gasteiger partial charge in [-0.25, -0.2) is 0 Å². The fourth-order valence-electron chi connectivity index (χ4n) is 1.55.